The van der Waals surface area contributed by atoms with Crippen LogP contribution in [0, 0.1) is 0 Å². The van der Waals surface area contributed by atoms with Gasteiger partial charge in [0.1, 0.15) is 0 Å². The number of hydrazine groups is 1. The van der Waals surface area contributed by atoms with Crippen LogP contribution in [-0.2, 0) is 0 Å². The van der Waals surface area contributed by atoms with Crippen LogP contribution >= 0.6 is 11.6 Å². The summed E-state index contributed by atoms with van der Waals surface area (Å²) in [5, 5.41) is 0.663. The fourth-order valence-electron chi connectivity index (χ4n) is 2.30. The van der Waals surface area contributed by atoms with E-state index in [2.05, 4.69) is 15.4 Å². The number of nitrogens with zero attached hydrogens (tertiary/aromatic N) is 2. The first kappa shape index (κ1) is 13.0. The van der Waals surface area contributed by atoms with E-state index in [1.54, 1.807) is 12.4 Å². The van der Waals surface area contributed by atoms with Crippen molar-refractivity contribution < 1.29 is 0 Å². The molecule has 0 saturated heterocycles. The Labute approximate surface area is 121 Å². The number of hydrogen-bond acceptors (Lipinski definition) is 4. The van der Waals surface area contributed by atoms with Gasteiger partial charge in [0.05, 0.1) is 17.1 Å². The van der Waals surface area contributed by atoms with Gasteiger partial charge in [-0.2, -0.15) is 0 Å². The first-order chi connectivity index (χ1) is 9.81. The van der Waals surface area contributed by atoms with Crippen LogP contribution in [0.1, 0.15) is 17.2 Å². The zero-order valence-corrected chi connectivity index (χ0v) is 11.4. The highest BCUT2D eigenvalue weighted by molar-refractivity contribution is 6.31. The number of nitrogens with one attached hydrogen (secondary N) is 1. The molecule has 0 aliphatic heterocycles. The first-order valence-corrected chi connectivity index (χ1v) is 6.59. The third kappa shape index (κ3) is 2.25. The monoisotopic (exact) mass is 284 g/mol. The highest BCUT2D eigenvalue weighted by Gasteiger charge is 2.18. The molecule has 1 aromatic heterocycles. The average Bonchev–Trinajstić information content (AvgIpc) is 2.50. The zero-order valence-electron chi connectivity index (χ0n) is 10.6. The predicted molar refractivity (Wildman–Crippen MR) is 80.2 cm³/mol. The lowest BCUT2D eigenvalue weighted by Gasteiger charge is -2.19. The average molecular weight is 285 g/mol. The van der Waals surface area contributed by atoms with E-state index >= 15 is 0 Å². The summed E-state index contributed by atoms with van der Waals surface area (Å²) in [6.45, 7) is 0. The molecule has 0 saturated carbocycles. The van der Waals surface area contributed by atoms with Gasteiger partial charge in [-0.05, 0) is 17.7 Å². The predicted octanol–water partition coefficient (Wildman–Crippen LogP) is 2.84. The third-order valence-electron chi connectivity index (χ3n) is 3.22. The molecule has 0 aliphatic rings. The smallest absolute Gasteiger partial charge is 0.0938 e. The Kier molecular flexibility index (Phi) is 3.60. The van der Waals surface area contributed by atoms with Gasteiger partial charge in [-0.3, -0.25) is 15.8 Å². The molecule has 1 atom stereocenters. The van der Waals surface area contributed by atoms with Crippen molar-refractivity contribution in [2.75, 3.05) is 0 Å². The molecule has 0 amide bonds. The molecule has 0 fully saturated rings. The van der Waals surface area contributed by atoms with Crippen LogP contribution in [0.2, 0.25) is 5.02 Å². The second-order valence-electron chi connectivity index (χ2n) is 4.39. The van der Waals surface area contributed by atoms with Crippen LogP contribution < -0.4 is 11.3 Å². The highest BCUT2D eigenvalue weighted by Crippen LogP contribution is 2.30. The number of rotatable bonds is 3. The van der Waals surface area contributed by atoms with Gasteiger partial charge in [-0.25, -0.2) is 5.43 Å². The van der Waals surface area contributed by atoms with Crippen molar-refractivity contribution >= 4 is 22.6 Å². The zero-order chi connectivity index (χ0) is 13.9. The second kappa shape index (κ2) is 5.54. The maximum Gasteiger partial charge on any atom is 0.0938 e. The number of aromatic nitrogens is 2. The minimum atomic E-state index is -0.232. The normalized spacial score (nSPS) is 12.5. The first-order valence-electron chi connectivity index (χ1n) is 6.21. The molecule has 0 bridgehead atoms. The Morgan fingerprint density at radius 2 is 1.70 bits per heavy atom. The molecular formula is C15H13ClN4. The summed E-state index contributed by atoms with van der Waals surface area (Å²) in [6, 6.07) is 13.2. The summed E-state index contributed by atoms with van der Waals surface area (Å²) in [4.78, 5) is 8.71. The van der Waals surface area contributed by atoms with Crippen LogP contribution in [0.3, 0.4) is 0 Å². The van der Waals surface area contributed by atoms with Gasteiger partial charge in [0.2, 0.25) is 0 Å². The summed E-state index contributed by atoms with van der Waals surface area (Å²) >= 11 is 6.27. The van der Waals surface area contributed by atoms with E-state index in [-0.39, 0.29) is 6.04 Å². The fraction of sp³-hybridized carbons (Fsp3) is 0.0667. The van der Waals surface area contributed by atoms with Crippen LogP contribution in [0.4, 0.5) is 0 Å². The molecule has 20 heavy (non-hydrogen) atoms. The summed E-state index contributed by atoms with van der Waals surface area (Å²) in [5.41, 5.74) is 6.33. The molecule has 1 unspecified atom stereocenters. The topological polar surface area (TPSA) is 63.8 Å². The summed E-state index contributed by atoms with van der Waals surface area (Å²) in [6.07, 6.45) is 3.35. The standard InChI is InChI=1S/C15H13ClN4/c16-12-6-2-1-4-10(12)14(20-17)11-5-3-7-13-15(11)19-9-8-18-13/h1-9,14,20H,17H2. The van der Waals surface area contributed by atoms with E-state index in [9.17, 15) is 0 Å². The molecule has 0 radical (unpaired) electrons. The Morgan fingerprint density at radius 1 is 0.950 bits per heavy atom. The van der Waals surface area contributed by atoms with Crippen LogP contribution in [0.25, 0.3) is 11.0 Å². The molecule has 0 aliphatic carbocycles. The van der Waals surface area contributed by atoms with Gasteiger partial charge in [0, 0.05) is 23.0 Å². The van der Waals surface area contributed by atoms with E-state index in [0.29, 0.717) is 5.02 Å². The molecule has 4 nitrogen and oxygen atoms in total. The van der Waals surface area contributed by atoms with Crippen LogP contribution in [-0.4, -0.2) is 9.97 Å². The van der Waals surface area contributed by atoms with Crippen molar-refractivity contribution in [1.82, 2.24) is 15.4 Å². The van der Waals surface area contributed by atoms with E-state index in [4.69, 9.17) is 17.4 Å². The molecular weight excluding hydrogens is 272 g/mol. The summed E-state index contributed by atoms with van der Waals surface area (Å²) in [7, 11) is 0. The maximum atomic E-state index is 6.27. The summed E-state index contributed by atoms with van der Waals surface area (Å²) in [5.74, 6) is 5.74. The molecule has 3 N–H and O–H groups in total. The Hall–Kier alpha value is -2.01. The van der Waals surface area contributed by atoms with Crippen molar-refractivity contribution in [2.24, 2.45) is 5.84 Å². The molecule has 5 heteroatoms. The Balaban J connectivity index is 2.20. The van der Waals surface area contributed by atoms with Gasteiger partial charge >= 0.3 is 0 Å². The van der Waals surface area contributed by atoms with Gasteiger partial charge in [-0.1, -0.05) is 41.9 Å². The van der Waals surface area contributed by atoms with Crippen molar-refractivity contribution in [2.45, 2.75) is 6.04 Å². The molecule has 0 spiro atoms. The molecule has 3 rings (SSSR count). The fourth-order valence-corrected chi connectivity index (χ4v) is 2.55. The number of benzene rings is 2. The van der Waals surface area contributed by atoms with Crippen LogP contribution in [0.5, 0.6) is 0 Å². The third-order valence-corrected chi connectivity index (χ3v) is 3.57. The maximum absolute atomic E-state index is 6.27. The largest absolute Gasteiger partial charge is 0.271 e. The number of para-hydroxylation sites is 1. The minimum absolute atomic E-state index is 0.232. The lowest BCUT2D eigenvalue weighted by atomic mass is 9.98. The number of hydrogen-bond donors (Lipinski definition) is 2. The van der Waals surface area contributed by atoms with Gasteiger partial charge in [0.25, 0.3) is 0 Å². The van der Waals surface area contributed by atoms with E-state index in [1.165, 1.54) is 0 Å². The lowest BCUT2D eigenvalue weighted by Crippen LogP contribution is -2.29. The number of fused-ring (bicyclic) bond motifs is 1. The van der Waals surface area contributed by atoms with E-state index in [1.807, 2.05) is 42.5 Å². The lowest BCUT2D eigenvalue weighted by molar-refractivity contribution is 0.640. The number of nitrogens with two attached hydrogens (primary N) is 1. The van der Waals surface area contributed by atoms with Gasteiger partial charge < -0.3 is 0 Å². The Bertz CT molecular complexity index is 739. The molecule has 1 heterocycles. The Morgan fingerprint density at radius 3 is 2.50 bits per heavy atom. The quantitative estimate of drug-likeness (QED) is 0.573. The number of halogens is 1. The molecule has 100 valence electrons. The van der Waals surface area contributed by atoms with Crippen molar-refractivity contribution in [3.8, 4) is 0 Å². The van der Waals surface area contributed by atoms with Crippen molar-refractivity contribution in [1.29, 1.82) is 0 Å². The van der Waals surface area contributed by atoms with Crippen molar-refractivity contribution in [3.63, 3.8) is 0 Å². The van der Waals surface area contributed by atoms with E-state index < -0.39 is 0 Å². The summed E-state index contributed by atoms with van der Waals surface area (Å²) < 4.78 is 0. The SMILES string of the molecule is NNC(c1ccccc1Cl)c1cccc2nccnc12. The van der Waals surface area contributed by atoms with E-state index in [0.717, 1.165) is 22.2 Å². The van der Waals surface area contributed by atoms with Gasteiger partial charge in [-0.15, -0.1) is 0 Å². The molecule has 2 aromatic carbocycles. The van der Waals surface area contributed by atoms with Gasteiger partial charge in [0.15, 0.2) is 0 Å². The highest BCUT2D eigenvalue weighted by atomic mass is 35.5. The minimum Gasteiger partial charge on any atom is -0.271 e. The molecule has 3 aromatic rings. The van der Waals surface area contributed by atoms with Crippen LogP contribution in [0.15, 0.2) is 54.9 Å². The van der Waals surface area contributed by atoms with Crippen molar-refractivity contribution in [3.05, 3.63) is 71.0 Å². The second-order valence-corrected chi connectivity index (χ2v) is 4.80.